The quantitative estimate of drug-likeness (QED) is 0.767. The van der Waals surface area contributed by atoms with E-state index in [9.17, 15) is 9.18 Å². The average Bonchev–Trinajstić information content (AvgIpc) is 2.51. The Kier molecular flexibility index (Phi) is 9.30. The van der Waals surface area contributed by atoms with Gasteiger partial charge in [-0.3, -0.25) is 4.79 Å². The Bertz CT molecular complexity index is 464. The van der Waals surface area contributed by atoms with E-state index in [1.54, 1.807) is 12.1 Å². The molecule has 126 valence electrons. The number of amides is 1. The smallest absolute Gasteiger partial charge is 0.222 e. The van der Waals surface area contributed by atoms with Crippen LogP contribution in [0, 0.1) is 11.7 Å². The van der Waals surface area contributed by atoms with Crippen LogP contribution in [0.25, 0.3) is 0 Å². The zero-order valence-corrected chi connectivity index (χ0v) is 14.5. The van der Waals surface area contributed by atoms with Crippen LogP contribution in [-0.4, -0.2) is 18.0 Å². The van der Waals surface area contributed by atoms with Gasteiger partial charge in [0.15, 0.2) is 0 Å². The van der Waals surface area contributed by atoms with Crippen molar-refractivity contribution in [2.75, 3.05) is 6.54 Å². The maximum Gasteiger partial charge on any atom is 0.222 e. The van der Waals surface area contributed by atoms with E-state index in [-0.39, 0.29) is 35.6 Å². The van der Waals surface area contributed by atoms with Gasteiger partial charge in [0.25, 0.3) is 0 Å². The van der Waals surface area contributed by atoms with E-state index < -0.39 is 0 Å². The van der Waals surface area contributed by atoms with Crippen LogP contribution in [0.3, 0.4) is 0 Å². The van der Waals surface area contributed by atoms with Crippen molar-refractivity contribution in [2.45, 2.75) is 52.0 Å². The van der Waals surface area contributed by atoms with E-state index in [1.165, 1.54) is 6.07 Å². The van der Waals surface area contributed by atoms with Crippen molar-refractivity contribution in [3.63, 3.8) is 0 Å². The predicted octanol–water partition coefficient (Wildman–Crippen LogP) is 3.45. The lowest BCUT2D eigenvalue weighted by atomic mass is 9.93. The largest absolute Gasteiger partial charge is 0.354 e. The summed E-state index contributed by atoms with van der Waals surface area (Å²) in [5.74, 6) is -0.367. The molecule has 0 spiro atoms. The first kappa shape index (κ1) is 20.9. The Hall–Kier alpha value is -1.13. The third-order valence-electron chi connectivity index (χ3n) is 4.28. The maximum atomic E-state index is 13.5. The number of carbonyl (C=O) groups is 1. The van der Waals surface area contributed by atoms with Gasteiger partial charge < -0.3 is 11.1 Å². The fourth-order valence-corrected chi connectivity index (χ4v) is 2.14. The molecule has 1 unspecified atom stereocenters. The van der Waals surface area contributed by atoms with Crippen molar-refractivity contribution in [1.82, 2.24) is 5.32 Å². The van der Waals surface area contributed by atoms with Gasteiger partial charge in [0, 0.05) is 18.0 Å². The molecule has 0 fully saturated rings. The van der Waals surface area contributed by atoms with Crippen LogP contribution in [0.5, 0.6) is 0 Å². The molecule has 0 heterocycles. The molecule has 0 bridgehead atoms. The number of aryl methyl sites for hydroxylation is 1. The van der Waals surface area contributed by atoms with Crippen LogP contribution >= 0.6 is 12.4 Å². The fraction of sp³-hybridized carbons (Fsp3) is 0.588. The zero-order valence-electron chi connectivity index (χ0n) is 13.7. The summed E-state index contributed by atoms with van der Waals surface area (Å²) in [7, 11) is 0. The first-order chi connectivity index (χ1) is 9.91. The number of benzene rings is 1. The molecular formula is C17H28ClFN2O. The summed E-state index contributed by atoms with van der Waals surface area (Å²) >= 11 is 0. The summed E-state index contributed by atoms with van der Waals surface area (Å²) in [6, 6.07) is 6.70. The number of carbonyl (C=O) groups excluding carboxylic acids is 1. The predicted molar refractivity (Wildman–Crippen MR) is 91.6 cm³/mol. The second kappa shape index (κ2) is 9.80. The Morgan fingerprint density at radius 2 is 1.91 bits per heavy atom. The van der Waals surface area contributed by atoms with E-state index in [0.29, 0.717) is 24.9 Å². The minimum atomic E-state index is -0.332. The summed E-state index contributed by atoms with van der Waals surface area (Å²) in [5, 5.41) is 2.92. The third-order valence-corrected chi connectivity index (χ3v) is 4.28. The second-order valence-corrected chi connectivity index (χ2v) is 5.82. The minimum Gasteiger partial charge on any atom is -0.354 e. The van der Waals surface area contributed by atoms with Crippen LogP contribution in [0.2, 0.25) is 0 Å². The first-order valence-corrected chi connectivity index (χ1v) is 7.72. The molecule has 3 nitrogen and oxygen atoms in total. The highest BCUT2D eigenvalue weighted by molar-refractivity contribution is 5.85. The third kappa shape index (κ3) is 6.32. The highest BCUT2D eigenvalue weighted by Crippen LogP contribution is 2.14. The molecule has 1 aromatic carbocycles. The highest BCUT2D eigenvalue weighted by atomic mass is 35.5. The second-order valence-electron chi connectivity index (χ2n) is 5.82. The lowest BCUT2D eigenvalue weighted by molar-refractivity contribution is -0.124. The number of hydrogen-bond donors (Lipinski definition) is 2. The maximum absolute atomic E-state index is 13.5. The van der Waals surface area contributed by atoms with Crippen molar-refractivity contribution in [2.24, 2.45) is 11.7 Å². The molecule has 0 saturated carbocycles. The molecular weight excluding hydrogens is 303 g/mol. The molecule has 22 heavy (non-hydrogen) atoms. The molecule has 3 N–H and O–H groups in total. The Morgan fingerprint density at radius 3 is 2.45 bits per heavy atom. The highest BCUT2D eigenvalue weighted by Gasteiger charge is 2.22. The Morgan fingerprint density at radius 1 is 1.32 bits per heavy atom. The fourth-order valence-electron chi connectivity index (χ4n) is 2.14. The summed E-state index contributed by atoms with van der Waals surface area (Å²) in [6.07, 6.45) is 2.85. The van der Waals surface area contributed by atoms with Gasteiger partial charge in [-0.1, -0.05) is 39.0 Å². The van der Waals surface area contributed by atoms with Crippen LogP contribution < -0.4 is 11.1 Å². The lowest BCUT2D eigenvalue weighted by Gasteiger charge is -2.27. The molecule has 1 rings (SSSR count). The van der Waals surface area contributed by atoms with E-state index in [0.717, 1.165) is 12.8 Å². The van der Waals surface area contributed by atoms with Gasteiger partial charge in [0.05, 0.1) is 0 Å². The zero-order chi connectivity index (χ0) is 15.9. The summed E-state index contributed by atoms with van der Waals surface area (Å²) in [6.45, 7) is 6.41. The van der Waals surface area contributed by atoms with E-state index in [2.05, 4.69) is 5.32 Å². The molecule has 0 aromatic heterocycles. The van der Waals surface area contributed by atoms with Crippen LogP contribution in [-0.2, 0) is 11.2 Å². The Labute approximate surface area is 139 Å². The lowest BCUT2D eigenvalue weighted by Crippen LogP contribution is -2.50. The summed E-state index contributed by atoms with van der Waals surface area (Å²) < 4.78 is 13.5. The molecule has 0 aliphatic rings. The molecule has 1 atom stereocenters. The van der Waals surface area contributed by atoms with Gasteiger partial charge in [0.2, 0.25) is 5.91 Å². The molecule has 0 radical (unpaired) electrons. The minimum absolute atomic E-state index is 0. The van der Waals surface area contributed by atoms with Gasteiger partial charge in [-0.05, 0) is 37.3 Å². The standard InChI is InChI=1S/C17H27FN2O.ClH/c1-4-17(19,5-2)12-20-16(21)13(3)10-11-14-8-6-7-9-15(14)18;/h6-9,13H,4-5,10-12,19H2,1-3H3,(H,20,21);1H. The van der Waals surface area contributed by atoms with Gasteiger partial charge in [-0.2, -0.15) is 0 Å². The van der Waals surface area contributed by atoms with Crippen molar-refractivity contribution in [1.29, 1.82) is 0 Å². The van der Waals surface area contributed by atoms with Crippen LogP contribution in [0.4, 0.5) is 4.39 Å². The molecule has 1 aromatic rings. The van der Waals surface area contributed by atoms with Crippen molar-refractivity contribution in [3.8, 4) is 0 Å². The average molecular weight is 331 g/mol. The van der Waals surface area contributed by atoms with Gasteiger partial charge in [0.1, 0.15) is 5.82 Å². The summed E-state index contributed by atoms with van der Waals surface area (Å²) in [5.41, 5.74) is 6.49. The SMILES string of the molecule is CCC(N)(CC)CNC(=O)C(C)CCc1ccccc1F.Cl. The first-order valence-electron chi connectivity index (χ1n) is 7.72. The van der Waals surface area contributed by atoms with Gasteiger partial charge in [-0.25, -0.2) is 4.39 Å². The van der Waals surface area contributed by atoms with Crippen molar-refractivity contribution >= 4 is 18.3 Å². The normalized spacial score (nSPS) is 12.4. The Balaban J connectivity index is 0.00000441. The van der Waals surface area contributed by atoms with Crippen LogP contribution in [0.1, 0.15) is 45.6 Å². The molecule has 0 aliphatic carbocycles. The van der Waals surface area contributed by atoms with E-state index >= 15 is 0 Å². The molecule has 1 amide bonds. The van der Waals surface area contributed by atoms with Crippen molar-refractivity contribution < 1.29 is 9.18 Å². The molecule has 0 saturated heterocycles. The van der Waals surface area contributed by atoms with E-state index in [1.807, 2.05) is 26.8 Å². The summed E-state index contributed by atoms with van der Waals surface area (Å²) in [4.78, 5) is 12.1. The molecule has 0 aliphatic heterocycles. The topological polar surface area (TPSA) is 55.1 Å². The number of hydrogen-bond acceptors (Lipinski definition) is 2. The van der Waals surface area contributed by atoms with Crippen molar-refractivity contribution in [3.05, 3.63) is 35.6 Å². The number of halogens is 2. The number of nitrogens with two attached hydrogens (primary N) is 1. The monoisotopic (exact) mass is 330 g/mol. The number of rotatable bonds is 8. The number of nitrogens with one attached hydrogen (secondary N) is 1. The van der Waals surface area contributed by atoms with Crippen LogP contribution in [0.15, 0.2) is 24.3 Å². The molecule has 5 heteroatoms. The van der Waals surface area contributed by atoms with Gasteiger partial charge >= 0.3 is 0 Å². The van der Waals surface area contributed by atoms with E-state index in [4.69, 9.17) is 5.73 Å². The van der Waals surface area contributed by atoms with Gasteiger partial charge in [-0.15, -0.1) is 12.4 Å².